The van der Waals surface area contributed by atoms with Crippen LogP contribution in [0.5, 0.6) is 5.75 Å². The van der Waals surface area contributed by atoms with Gasteiger partial charge < -0.3 is 20.7 Å². The molecule has 10 heteroatoms. The SMILES string of the molecule is Cc1cccc(C(=O)N[C@H](CCS(C)(=O)=O)C(=O)Nc2ccc3c(c2)NC(=O)CO3)c1. The molecule has 0 aliphatic carbocycles. The van der Waals surface area contributed by atoms with Gasteiger partial charge in [0.25, 0.3) is 11.8 Å². The number of fused-ring (bicyclic) bond motifs is 1. The highest BCUT2D eigenvalue weighted by Crippen LogP contribution is 2.30. The van der Waals surface area contributed by atoms with Crippen molar-refractivity contribution >= 4 is 38.9 Å². The molecular formula is C21H23N3O6S. The van der Waals surface area contributed by atoms with E-state index in [-0.39, 0.29) is 24.7 Å². The number of carbonyl (C=O) groups excluding carboxylic acids is 3. The van der Waals surface area contributed by atoms with Gasteiger partial charge in [0.05, 0.1) is 11.4 Å². The minimum atomic E-state index is -3.35. The third-order valence-electron chi connectivity index (χ3n) is 4.56. The molecule has 3 N–H and O–H groups in total. The summed E-state index contributed by atoms with van der Waals surface area (Å²) in [7, 11) is -3.35. The van der Waals surface area contributed by atoms with Gasteiger partial charge in [0.1, 0.15) is 21.6 Å². The summed E-state index contributed by atoms with van der Waals surface area (Å²) in [6.07, 6.45) is 0.976. The molecule has 2 aromatic rings. The zero-order valence-electron chi connectivity index (χ0n) is 17.1. The van der Waals surface area contributed by atoms with Crippen LogP contribution < -0.4 is 20.7 Å². The maximum atomic E-state index is 12.9. The van der Waals surface area contributed by atoms with Crippen molar-refractivity contribution in [2.24, 2.45) is 0 Å². The molecule has 0 unspecified atom stereocenters. The Kier molecular flexibility index (Phi) is 6.59. The lowest BCUT2D eigenvalue weighted by molar-refractivity contribution is -0.119. The Hall–Kier alpha value is -3.40. The van der Waals surface area contributed by atoms with E-state index in [0.717, 1.165) is 11.8 Å². The monoisotopic (exact) mass is 445 g/mol. The molecule has 0 saturated carbocycles. The molecule has 0 aromatic heterocycles. The first-order valence-corrected chi connectivity index (χ1v) is 11.6. The molecule has 2 aromatic carbocycles. The Morgan fingerprint density at radius 2 is 1.97 bits per heavy atom. The highest BCUT2D eigenvalue weighted by molar-refractivity contribution is 7.90. The fraction of sp³-hybridized carbons (Fsp3) is 0.286. The van der Waals surface area contributed by atoms with Gasteiger partial charge in [0.2, 0.25) is 5.91 Å². The van der Waals surface area contributed by atoms with E-state index in [1.165, 1.54) is 6.07 Å². The largest absolute Gasteiger partial charge is 0.482 e. The van der Waals surface area contributed by atoms with Gasteiger partial charge in [0.15, 0.2) is 6.61 Å². The molecule has 0 radical (unpaired) electrons. The number of rotatable bonds is 7. The maximum Gasteiger partial charge on any atom is 0.262 e. The number of hydrogen-bond donors (Lipinski definition) is 3. The zero-order chi connectivity index (χ0) is 22.6. The predicted molar refractivity (Wildman–Crippen MR) is 116 cm³/mol. The number of aryl methyl sites for hydroxylation is 1. The number of sulfone groups is 1. The van der Waals surface area contributed by atoms with E-state index in [1.807, 2.05) is 13.0 Å². The first kappa shape index (κ1) is 22.3. The summed E-state index contributed by atoms with van der Waals surface area (Å²) < 4.78 is 28.5. The molecule has 3 rings (SSSR count). The lowest BCUT2D eigenvalue weighted by Crippen LogP contribution is -2.44. The van der Waals surface area contributed by atoms with E-state index in [2.05, 4.69) is 16.0 Å². The smallest absolute Gasteiger partial charge is 0.262 e. The topological polar surface area (TPSA) is 131 Å². The predicted octanol–water partition coefficient (Wildman–Crippen LogP) is 1.50. The van der Waals surface area contributed by atoms with E-state index in [0.29, 0.717) is 22.7 Å². The van der Waals surface area contributed by atoms with Crippen LogP contribution in [-0.2, 0) is 19.4 Å². The number of nitrogens with one attached hydrogen (secondary N) is 3. The van der Waals surface area contributed by atoms with Crippen LogP contribution >= 0.6 is 0 Å². The number of benzene rings is 2. The second-order valence-corrected chi connectivity index (χ2v) is 9.61. The van der Waals surface area contributed by atoms with E-state index in [9.17, 15) is 22.8 Å². The van der Waals surface area contributed by atoms with Crippen molar-refractivity contribution in [1.29, 1.82) is 0 Å². The van der Waals surface area contributed by atoms with E-state index in [1.54, 1.807) is 30.3 Å². The molecule has 0 fully saturated rings. The van der Waals surface area contributed by atoms with Crippen LogP contribution in [0.25, 0.3) is 0 Å². The molecule has 1 heterocycles. The normalized spacial score (nSPS) is 13.9. The van der Waals surface area contributed by atoms with Gasteiger partial charge in [-0.15, -0.1) is 0 Å². The van der Waals surface area contributed by atoms with Crippen molar-refractivity contribution in [3.8, 4) is 5.75 Å². The van der Waals surface area contributed by atoms with Gasteiger partial charge >= 0.3 is 0 Å². The van der Waals surface area contributed by atoms with Crippen molar-refractivity contribution in [2.75, 3.05) is 29.2 Å². The van der Waals surface area contributed by atoms with Crippen LogP contribution in [0.4, 0.5) is 11.4 Å². The van der Waals surface area contributed by atoms with Crippen LogP contribution in [0, 0.1) is 6.92 Å². The van der Waals surface area contributed by atoms with E-state index < -0.39 is 27.7 Å². The van der Waals surface area contributed by atoms with Crippen molar-refractivity contribution in [2.45, 2.75) is 19.4 Å². The molecular weight excluding hydrogens is 422 g/mol. The van der Waals surface area contributed by atoms with Crippen molar-refractivity contribution in [1.82, 2.24) is 5.32 Å². The highest BCUT2D eigenvalue weighted by Gasteiger charge is 2.24. The molecule has 0 saturated heterocycles. The molecule has 1 aliphatic rings. The van der Waals surface area contributed by atoms with Gasteiger partial charge in [-0.25, -0.2) is 8.42 Å². The first-order valence-electron chi connectivity index (χ1n) is 9.53. The zero-order valence-corrected chi connectivity index (χ0v) is 17.9. The first-order chi connectivity index (χ1) is 14.6. The fourth-order valence-electron chi connectivity index (χ4n) is 3.02. The van der Waals surface area contributed by atoms with E-state index >= 15 is 0 Å². The molecule has 3 amide bonds. The van der Waals surface area contributed by atoms with Gasteiger partial charge in [0, 0.05) is 17.5 Å². The molecule has 1 atom stereocenters. The Morgan fingerprint density at radius 3 is 2.68 bits per heavy atom. The Balaban J connectivity index is 1.76. The average Bonchev–Trinajstić information content (AvgIpc) is 2.69. The third kappa shape index (κ3) is 6.29. The molecule has 31 heavy (non-hydrogen) atoms. The summed E-state index contributed by atoms with van der Waals surface area (Å²) in [6.45, 7) is 1.75. The van der Waals surface area contributed by atoms with Gasteiger partial charge in [-0.1, -0.05) is 17.7 Å². The second kappa shape index (κ2) is 9.17. The third-order valence-corrected chi connectivity index (χ3v) is 5.54. The standard InChI is InChI=1S/C21H23N3O6S/c1-13-4-3-5-14(10-13)20(26)24-16(8-9-31(2,28)29)21(27)22-15-6-7-18-17(11-15)23-19(25)12-30-18/h3-7,10-11,16H,8-9,12H2,1-2H3,(H,22,27)(H,23,25)(H,24,26)/t16-/m1/s1. The summed E-state index contributed by atoms with van der Waals surface area (Å²) in [4.78, 5) is 37.0. The summed E-state index contributed by atoms with van der Waals surface area (Å²) in [5.41, 5.74) is 2.02. The quantitative estimate of drug-likeness (QED) is 0.592. The fourth-order valence-corrected chi connectivity index (χ4v) is 3.68. The Morgan fingerprint density at radius 1 is 1.19 bits per heavy atom. The van der Waals surface area contributed by atoms with Crippen LogP contribution in [0.3, 0.4) is 0 Å². The molecule has 0 bridgehead atoms. The average molecular weight is 445 g/mol. The number of ether oxygens (including phenoxy) is 1. The van der Waals surface area contributed by atoms with Crippen molar-refractivity contribution in [3.05, 3.63) is 53.6 Å². The Labute approximate surface area is 180 Å². The van der Waals surface area contributed by atoms with Crippen LogP contribution in [-0.4, -0.2) is 50.8 Å². The number of hydrogen-bond acceptors (Lipinski definition) is 6. The molecule has 0 spiro atoms. The molecule has 9 nitrogen and oxygen atoms in total. The second-order valence-electron chi connectivity index (χ2n) is 7.35. The molecule has 164 valence electrons. The van der Waals surface area contributed by atoms with Gasteiger partial charge in [-0.2, -0.15) is 0 Å². The summed E-state index contributed by atoms with van der Waals surface area (Å²) in [6, 6.07) is 10.5. The number of anilines is 2. The number of amides is 3. The lowest BCUT2D eigenvalue weighted by atomic mass is 10.1. The lowest BCUT2D eigenvalue weighted by Gasteiger charge is -2.21. The highest BCUT2D eigenvalue weighted by atomic mass is 32.2. The van der Waals surface area contributed by atoms with E-state index in [4.69, 9.17) is 4.74 Å². The van der Waals surface area contributed by atoms with Crippen LogP contribution in [0.15, 0.2) is 42.5 Å². The summed E-state index contributed by atoms with van der Waals surface area (Å²) in [5.74, 6) is -1.17. The minimum absolute atomic E-state index is 0.0860. The van der Waals surface area contributed by atoms with Gasteiger partial charge in [-0.05, 0) is 43.7 Å². The maximum absolute atomic E-state index is 12.9. The van der Waals surface area contributed by atoms with Crippen molar-refractivity contribution < 1.29 is 27.5 Å². The minimum Gasteiger partial charge on any atom is -0.482 e. The molecule has 1 aliphatic heterocycles. The summed E-state index contributed by atoms with van der Waals surface area (Å²) in [5, 5.41) is 7.91. The summed E-state index contributed by atoms with van der Waals surface area (Å²) >= 11 is 0. The van der Waals surface area contributed by atoms with Gasteiger partial charge in [-0.3, -0.25) is 14.4 Å². The van der Waals surface area contributed by atoms with Crippen molar-refractivity contribution in [3.63, 3.8) is 0 Å². The van der Waals surface area contributed by atoms with Crippen LogP contribution in [0.1, 0.15) is 22.3 Å². The number of carbonyl (C=O) groups is 3. The van der Waals surface area contributed by atoms with Crippen LogP contribution in [0.2, 0.25) is 0 Å². The Bertz CT molecular complexity index is 1130.